The molecule has 15 heavy (non-hydrogen) atoms. The normalized spacial score (nSPS) is 10.4. The SMILES string of the molecule is Nc1ccc(C(=O)/C=C/C(=O)O)cc1N. The van der Waals surface area contributed by atoms with Crippen molar-refractivity contribution in [3.63, 3.8) is 0 Å². The quantitative estimate of drug-likeness (QED) is 0.383. The van der Waals surface area contributed by atoms with Crippen LogP contribution in [0.5, 0.6) is 0 Å². The number of nitrogen functional groups attached to an aromatic ring is 2. The number of benzene rings is 1. The summed E-state index contributed by atoms with van der Waals surface area (Å²) in [6, 6.07) is 4.39. The van der Waals surface area contributed by atoms with Crippen molar-refractivity contribution in [2.75, 3.05) is 11.5 Å². The van der Waals surface area contributed by atoms with Crippen molar-refractivity contribution in [2.45, 2.75) is 0 Å². The van der Waals surface area contributed by atoms with Crippen LogP contribution in [0.25, 0.3) is 0 Å². The second-order valence-corrected chi connectivity index (χ2v) is 2.88. The molecule has 0 aliphatic heterocycles. The first-order chi connectivity index (χ1) is 7.00. The number of anilines is 2. The molecular formula is C10H10N2O3. The summed E-state index contributed by atoms with van der Waals surface area (Å²) in [5.74, 6) is -1.60. The fraction of sp³-hybridized carbons (Fsp3) is 0. The molecule has 0 heterocycles. The van der Waals surface area contributed by atoms with Gasteiger partial charge in [0.25, 0.3) is 0 Å². The van der Waals surface area contributed by atoms with Gasteiger partial charge in [-0.25, -0.2) is 4.79 Å². The van der Waals surface area contributed by atoms with Gasteiger partial charge in [-0.3, -0.25) is 4.79 Å². The molecule has 0 saturated carbocycles. The van der Waals surface area contributed by atoms with Crippen LogP contribution < -0.4 is 11.5 Å². The highest BCUT2D eigenvalue weighted by Gasteiger charge is 2.04. The lowest BCUT2D eigenvalue weighted by Gasteiger charge is -2.01. The first kappa shape index (κ1) is 10.8. The van der Waals surface area contributed by atoms with E-state index >= 15 is 0 Å². The molecule has 0 radical (unpaired) electrons. The average molecular weight is 206 g/mol. The number of carbonyl (C=O) groups excluding carboxylic acids is 1. The number of rotatable bonds is 3. The van der Waals surface area contributed by atoms with E-state index in [2.05, 4.69) is 0 Å². The third kappa shape index (κ3) is 2.84. The predicted octanol–water partition coefficient (Wildman–Crippen LogP) is 0.674. The first-order valence-electron chi connectivity index (χ1n) is 4.11. The van der Waals surface area contributed by atoms with E-state index in [1.54, 1.807) is 0 Å². The monoisotopic (exact) mass is 206 g/mol. The summed E-state index contributed by atoms with van der Waals surface area (Å²) in [5.41, 5.74) is 11.9. The Labute approximate surface area is 86.0 Å². The third-order valence-electron chi connectivity index (χ3n) is 1.75. The molecule has 0 aliphatic rings. The van der Waals surface area contributed by atoms with E-state index in [0.29, 0.717) is 16.9 Å². The van der Waals surface area contributed by atoms with Gasteiger partial charge in [0.05, 0.1) is 11.4 Å². The van der Waals surface area contributed by atoms with Crippen molar-refractivity contribution < 1.29 is 14.7 Å². The minimum atomic E-state index is -1.17. The number of carboxylic acid groups (broad SMARTS) is 1. The van der Waals surface area contributed by atoms with E-state index in [-0.39, 0.29) is 0 Å². The van der Waals surface area contributed by atoms with Crippen LogP contribution >= 0.6 is 0 Å². The van der Waals surface area contributed by atoms with Gasteiger partial charge in [0.15, 0.2) is 5.78 Å². The number of carboxylic acids is 1. The lowest BCUT2D eigenvalue weighted by molar-refractivity contribution is -0.131. The molecule has 5 nitrogen and oxygen atoms in total. The van der Waals surface area contributed by atoms with E-state index in [4.69, 9.17) is 16.6 Å². The molecule has 0 atom stereocenters. The lowest BCUT2D eigenvalue weighted by atomic mass is 10.1. The maximum Gasteiger partial charge on any atom is 0.328 e. The highest BCUT2D eigenvalue weighted by molar-refractivity contribution is 6.07. The standard InChI is InChI=1S/C10H10N2O3/c11-7-2-1-6(5-8(7)12)9(13)3-4-10(14)15/h1-5H,11-12H2,(H,14,15)/b4-3+. The minimum absolute atomic E-state index is 0.296. The maximum absolute atomic E-state index is 11.4. The van der Waals surface area contributed by atoms with Crippen molar-refractivity contribution in [2.24, 2.45) is 0 Å². The summed E-state index contributed by atoms with van der Waals surface area (Å²) in [6.07, 6.45) is 1.74. The van der Waals surface area contributed by atoms with Gasteiger partial charge in [0.1, 0.15) is 0 Å². The molecule has 0 aliphatic carbocycles. The van der Waals surface area contributed by atoms with Gasteiger partial charge in [-0.2, -0.15) is 0 Å². The Morgan fingerprint density at radius 3 is 2.33 bits per heavy atom. The summed E-state index contributed by atoms with van der Waals surface area (Å²) in [7, 11) is 0. The zero-order valence-electron chi connectivity index (χ0n) is 7.81. The molecule has 0 aromatic heterocycles. The molecule has 0 amide bonds. The minimum Gasteiger partial charge on any atom is -0.478 e. The third-order valence-corrected chi connectivity index (χ3v) is 1.75. The van der Waals surface area contributed by atoms with Crippen LogP contribution in [0.4, 0.5) is 11.4 Å². The second-order valence-electron chi connectivity index (χ2n) is 2.88. The Morgan fingerprint density at radius 2 is 1.80 bits per heavy atom. The van der Waals surface area contributed by atoms with Crippen molar-refractivity contribution in [1.29, 1.82) is 0 Å². The molecule has 0 bridgehead atoms. The summed E-state index contributed by atoms with van der Waals surface area (Å²) in [5, 5.41) is 8.32. The van der Waals surface area contributed by atoms with Crippen LogP contribution in [0.1, 0.15) is 10.4 Å². The number of aliphatic carboxylic acids is 1. The maximum atomic E-state index is 11.4. The topological polar surface area (TPSA) is 106 Å². The van der Waals surface area contributed by atoms with Crippen LogP contribution in [0.2, 0.25) is 0 Å². The Hall–Kier alpha value is -2.30. The number of ketones is 1. The molecule has 0 unspecified atom stereocenters. The van der Waals surface area contributed by atoms with Crippen molar-refractivity contribution in [3.8, 4) is 0 Å². The van der Waals surface area contributed by atoms with Crippen molar-refractivity contribution in [1.82, 2.24) is 0 Å². The Morgan fingerprint density at radius 1 is 1.13 bits per heavy atom. The summed E-state index contributed by atoms with van der Waals surface area (Å²) in [4.78, 5) is 21.5. The van der Waals surface area contributed by atoms with E-state index in [1.807, 2.05) is 0 Å². The fourth-order valence-electron chi connectivity index (χ4n) is 0.971. The largest absolute Gasteiger partial charge is 0.478 e. The summed E-state index contributed by atoms with van der Waals surface area (Å²) >= 11 is 0. The van der Waals surface area contributed by atoms with Crippen molar-refractivity contribution in [3.05, 3.63) is 35.9 Å². The van der Waals surface area contributed by atoms with Crippen molar-refractivity contribution >= 4 is 23.1 Å². The highest BCUT2D eigenvalue weighted by Crippen LogP contribution is 2.16. The molecule has 1 rings (SSSR count). The van der Waals surface area contributed by atoms with Gasteiger partial charge in [0.2, 0.25) is 0 Å². The lowest BCUT2D eigenvalue weighted by Crippen LogP contribution is -2.00. The van der Waals surface area contributed by atoms with Gasteiger partial charge < -0.3 is 16.6 Å². The Balaban J connectivity index is 2.92. The molecule has 0 fully saturated rings. The van der Waals surface area contributed by atoms with Crippen LogP contribution in [0.15, 0.2) is 30.4 Å². The van der Waals surface area contributed by atoms with E-state index in [0.717, 1.165) is 12.2 Å². The molecule has 78 valence electrons. The van der Waals surface area contributed by atoms with Gasteiger partial charge in [-0.1, -0.05) is 0 Å². The number of allylic oxidation sites excluding steroid dienone is 1. The molecular weight excluding hydrogens is 196 g/mol. The summed E-state index contributed by atoms with van der Waals surface area (Å²) < 4.78 is 0. The summed E-state index contributed by atoms with van der Waals surface area (Å²) in [6.45, 7) is 0. The number of hydrogen-bond donors (Lipinski definition) is 3. The van der Waals surface area contributed by atoms with E-state index in [1.165, 1.54) is 18.2 Å². The molecule has 0 saturated heterocycles. The number of nitrogens with two attached hydrogens (primary N) is 2. The van der Waals surface area contributed by atoms with Crippen LogP contribution in [0.3, 0.4) is 0 Å². The average Bonchev–Trinajstić information content (AvgIpc) is 2.18. The Kier molecular flexibility index (Phi) is 3.07. The zero-order chi connectivity index (χ0) is 11.4. The predicted molar refractivity (Wildman–Crippen MR) is 56.4 cm³/mol. The van der Waals surface area contributed by atoms with Crippen LogP contribution in [0, 0.1) is 0 Å². The fourth-order valence-corrected chi connectivity index (χ4v) is 0.971. The molecule has 0 spiro atoms. The number of carbonyl (C=O) groups is 2. The van der Waals surface area contributed by atoms with E-state index in [9.17, 15) is 9.59 Å². The van der Waals surface area contributed by atoms with Crippen LogP contribution in [-0.4, -0.2) is 16.9 Å². The highest BCUT2D eigenvalue weighted by atomic mass is 16.4. The second kappa shape index (κ2) is 4.28. The molecule has 1 aromatic rings. The van der Waals surface area contributed by atoms with E-state index < -0.39 is 11.8 Å². The Bertz CT molecular complexity index is 438. The van der Waals surface area contributed by atoms with Gasteiger partial charge >= 0.3 is 5.97 Å². The van der Waals surface area contributed by atoms with Gasteiger partial charge in [0, 0.05) is 11.6 Å². The first-order valence-corrected chi connectivity index (χ1v) is 4.11. The number of hydrogen-bond acceptors (Lipinski definition) is 4. The smallest absolute Gasteiger partial charge is 0.328 e. The van der Waals surface area contributed by atoms with Crippen LogP contribution in [-0.2, 0) is 4.79 Å². The van der Waals surface area contributed by atoms with Gasteiger partial charge in [-0.15, -0.1) is 0 Å². The molecule has 1 aromatic carbocycles. The van der Waals surface area contributed by atoms with Gasteiger partial charge in [-0.05, 0) is 24.3 Å². The molecule has 5 heteroatoms. The zero-order valence-corrected chi connectivity index (χ0v) is 7.81. The molecule has 5 N–H and O–H groups in total.